The van der Waals surface area contributed by atoms with E-state index in [9.17, 15) is 9.90 Å². The van der Waals surface area contributed by atoms with Crippen LogP contribution in [0.1, 0.15) is 40.0 Å². The molecule has 0 spiro atoms. The lowest BCUT2D eigenvalue weighted by atomic mass is 9.87. The van der Waals surface area contributed by atoms with Crippen LogP contribution in [0.4, 0.5) is 0 Å². The number of unbranched alkanes of at least 4 members (excludes halogenated alkanes) is 1. The molecule has 1 atom stereocenters. The molecule has 0 aliphatic rings. The molecule has 0 fully saturated rings. The van der Waals surface area contributed by atoms with Crippen LogP contribution in [0, 0.1) is 5.41 Å². The minimum Gasteiger partial charge on any atom is -0.396 e. The van der Waals surface area contributed by atoms with Crippen molar-refractivity contribution in [2.24, 2.45) is 5.41 Å². The van der Waals surface area contributed by atoms with Crippen LogP contribution in [0.5, 0.6) is 0 Å². The normalized spacial score (nSPS) is 13.4. The van der Waals surface area contributed by atoms with Crippen molar-refractivity contribution in [1.29, 1.82) is 0 Å². The zero-order valence-corrected chi connectivity index (χ0v) is 11.7. The molecule has 1 amide bonds. The Labute approximate surface area is 110 Å². The van der Waals surface area contributed by atoms with Crippen LogP contribution in [0.25, 0.3) is 0 Å². The van der Waals surface area contributed by atoms with Gasteiger partial charge >= 0.3 is 0 Å². The van der Waals surface area contributed by atoms with Gasteiger partial charge in [0, 0.05) is 25.2 Å². The molecule has 0 rings (SSSR count). The van der Waals surface area contributed by atoms with E-state index in [0.29, 0.717) is 13.2 Å². The molecule has 0 saturated heterocycles. The Hall–Kier alpha value is -0.650. The number of amides is 1. The first-order chi connectivity index (χ1) is 8.45. The molecule has 0 aliphatic heterocycles. The smallest absolute Gasteiger partial charge is 0.249 e. The maximum absolute atomic E-state index is 11.6. The molecule has 5 nitrogen and oxygen atoms in total. The molecular formula is C13H27NO4. The lowest BCUT2D eigenvalue weighted by Gasteiger charge is -2.27. The topological polar surface area (TPSA) is 78.8 Å². The summed E-state index contributed by atoms with van der Waals surface area (Å²) >= 11 is 0. The SMILES string of the molecule is CCCCOCCCNC(=O)C(O)C(C)(C)CO. The fraction of sp³-hybridized carbons (Fsp3) is 0.923. The van der Waals surface area contributed by atoms with E-state index in [1.165, 1.54) is 0 Å². The van der Waals surface area contributed by atoms with Gasteiger partial charge in [-0.15, -0.1) is 0 Å². The lowest BCUT2D eigenvalue weighted by Crippen LogP contribution is -2.45. The van der Waals surface area contributed by atoms with Gasteiger partial charge in [0.2, 0.25) is 5.91 Å². The molecule has 0 bridgehead atoms. The summed E-state index contributed by atoms with van der Waals surface area (Å²) in [5.41, 5.74) is -0.818. The summed E-state index contributed by atoms with van der Waals surface area (Å²) in [4.78, 5) is 11.6. The first-order valence-corrected chi connectivity index (χ1v) is 6.60. The van der Waals surface area contributed by atoms with Crippen molar-refractivity contribution in [2.75, 3.05) is 26.4 Å². The van der Waals surface area contributed by atoms with Gasteiger partial charge in [-0.3, -0.25) is 4.79 Å². The molecule has 18 heavy (non-hydrogen) atoms. The van der Waals surface area contributed by atoms with Gasteiger partial charge < -0.3 is 20.3 Å². The summed E-state index contributed by atoms with van der Waals surface area (Å²) in [6.07, 6.45) is 1.69. The Morgan fingerprint density at radius 2 is 1.94 bits per heavy atom. The van der Waals surface area contributed by atoms with Crippen molar-refractivity contribution in [3.05, 3.63) is 0 Å². The minimum absolute atomic E-state index is 0.234. The Bertz CT molecular complexity index is 231. The molecule has 0 aromatic carbocycles. The molecule has 3 N–H and O–H groups in total. The second kappa shape index (κ2) is 9.30. The van der Waals surface area contributed by atoms with Crippen LogP contribution >= 0.6 is 0 Å². The van der Waals surface area contributed by atoms with Crippen LogP contribution in [0.3, 0.4) is 0 Å². The van der Waals surface area contributed by atoms with Gasteiger partial charge in [-0.2, -0.15) is 0 Å². The summed E-state index contributed by atoms with van der Waals surface area (Å²) in [6.45, 7) is 7.00. The minimum atomic E-state index is -1.19. The van der Waals surface area contributed by atoms with E-state index < -0.39 is 17.4 Å². The van der Waals surface area contributed by atoms with Gasteiger partial charge in [-0.25, -0.2) is 0 Å². The second-order valence-corrected chi connectivity index (χ2v) is 5.16. The zero-order valence-electron chi connectivity index (χ0n) is 11.7. The number of hydrogen-bond acceptors (Lipinski definition) is 4. The number of aliphatic hydroxyl groups is 2. The maximum Gasteiger partial charge on any atom is 0.249 e. The Kier molecular flexibility index (Phi) is 8.97. The predicted molar refractivity (Wildman–Crippen MR) is 70.2 cm³/mol. The van der Waals surface area contributed by atoms with E-state index in [-0.39, 0.29) is 6.61 Å². The lowest BCUT2D eigenvalue weighted by molar-refractivity contribution is -0.137. The highest BCUT2D eigenvalue weighted by Gasteiger charge is 2.32. The van der Waals surface area contributed by atoms with Crippen molar-refractivity contribution in [3.63, 3.8) is 0 Å². The van der Waals surface area contributed by atoms with E-state index in [1.54, 1.807) is 13.8 Å². The maximum atomic E-state index is 11.6. The third-order valence-electron chi connectivity index (χ3n) is 2.80. The van der Waals surface area contributed by atoms with Gasteiger partial charge in [0.1, 0.15) is 6.10 Å². The fourth-order valence-electron chi connectivity index (χ4n) is 1.27. The van der Waals surface area contributed by atoms with Crippen LogP contribution in [0.15, 0.2) is 0 Å². The van der Waals surface area contributed by atoms with Gasteiger partial charge in [-0.05, 0) is 12.8 Å². The first kappa shape index (κ1) is 17.4. The number of rotatable bonds is 10. The number of ether oxygens (including phenoxy) is 1. The molecule has 0 saturated carbocycles. The summed E-state index contributed by atoms with van der Waals surface area (Å²) in [5.74, 6) is -0.442. The summed E-state index contributed by atoms with van der Waals surface area (Å²) < 4.78 is 5.35. The fourth-order valence-corrected chi connectivity index (χ4v) is 1.27. The Morgan fingerprint density at radius 3 is 2.50 bits per heavy atom. The molecule has 0 aromatic rings. The van der Waals surface area contributed by atoms with Crippen molar-refractivity contribution in [3.8, 4) is 0 Å². The van der Waals surface area contributed by atoms with Crippen molar-refractivity contribution < 1.29 is 19.7 Å². The molecule has 0 aromatic heterocycles. The standard InChI is InChI=1S/C13H27NO4/c1-4-5-8-18-9-6-7-14-12(17)11(16)13(2,3)10-15/h11,15-16H,4-10H2,1-3H3,(H,14,17). The average Bonchev–Trinajstić information content (AvgIpc) is 2.36. The van der Waals surface area contributed by atoms with Crippen LogP contribution in [-0.4, -0.2) is 48.6 Å². The van der Waals surface area contributed by atoms with Gasteiger partial charge in [-0.1, -0.05) is 27.2 Å². The van der Waals surface area contributed by atoms with E-state index in [1.807, 2.05) is 0 Å². The van der Waals surface area contributed by atoms with E-state index >= 15 is 0 Å². The van der Waals surface area contributed by atoms with Crippen molar-refractivity contribution in [1.82, 2.24) is 5.32 Å². The molecule has 0 aliphatic carbocycles. The predicted octanol–water partition coefficient (Wildman–Crippen LogP) is 0.689. The quantitative estimate of drug-likeness (QED) is 0.506. The van der Waals surface area contributed by atoms with Crippen LogP contribution in [0.2, 0.25) is 0 Å². The zero-order chi connectivity index (χ0) is 14.0. The largest absolute Gasteiger partial charge is 0.396 e. The van der Waals surface area contributed by atoms with E-state index in [0.717, 1.165) is 25.9 Å². The summed E-state index contributed by atoms with van der Waals surface area (Å²) in [7, 11) is 0. The first-order valence-electron chi connectivity index (χ1n) is 6.60. The van der Waals surface area contributed by atoms with Crippen molar-refractivity contribution >= 4 is 5.91 Å². The summed E-state index contributed by atoms with van der Waals surface area (Å²) in [5, 5.41) is 21.4. The number of aliphatic hydroxyl groups excluding tert-OH is 2. The molecular weight excluding hydrogens is 234 g/mol. The second-order valence-electron chi connectivity index (χ2n) is 5.16. The number of carbonyl (C=O) groups is 1. The van der Waals surface area contributed by atoms with Gasteiger partial charge in [0.05, 0.1) is 6.61 Å². The molecule has 5 heteroatoms. The summed E-state index contributed by atoms with van der Waals surface area (Å²) in [6, 6.07) is 0. The van der Waals surface area contributed by atoms with Crippen LogP contribution in [-0.2, 0) is 9.53 Å². The number of hydrogen-bond donors (Lipinski definition) is 3. The van der Waals surface area contributed by atoms with Crippen LogP contribution < -0.4 is 5.32 Å². The highest BCUT2D eigenvalue weighted by atomic mass is 16.5. The van der Waals surface area contributed by atoms with Crippen molar-refractivity contribution in [2.45, 2.75) is 46.1 Å². The average molecular weight is 261 g/mol. The third-order valence-corrected chi connectivity index (χ3v) is 2.80. The highest BCUT2D eigenvalue weighted by Crippen LogP contribution is 2.19. The number of nitrogens with one attached hydrogen (secondary N) is 1. The molecule has 0 heterocycles. The monoisotopic (exact) mass is 261 g/mol. The van der Waals surface area contributed by atoms with E-state index in [4.69, 9.17) is 9.84 Å². The Balaban J connectivity index is 3.65. The molecule has 1 unspecified atom stereocenters. The van der Waals surface area contributed by atoms with E-state index in [2.05, 4.69) is 12.2 Å². The van der Waals surface area contributed by atoms with Gasteiger partial charge in [0.15, 0.2) is 0 Å². The molecule has 0 radical (unpaired) electrons. The molecule has 108 valence electrons. The number of carbonyl (C=O) groups excluding carboxylic acids is 1. The highest BCUT2D eigenvalue weighted by molar-refractivity contribution is 5.81. The Morgan fingerprint density at radius 1 is 1.33 bits per heavy atom. The third kappa shape index (κ3) is 6.93. The van der Waals surface area contributed by atoms with Gasteiger partial charge in [0.25, 0.3) is 0 Å².